The van der Waals surface area contributed by atoms with E-state index in [0.29, 0.717) is 17.1 Å². The van der Waals surface area contributed by atoms with Crippen LogP contribution in [0.25, 0.3) is 32.8 Å². The molecule has 0 fully saturated rings. The molecule has 0 amide bonds. The van der Waals surface area contributed by atoms with Gasteiger partial charge in [0.1, 0.15) is 17.2 Å². The normalized spacial score (nSPS) is 10.9. The van der Waals surface area contributed by atoms with Crippen LogP contribution in [0, 0.1) is 12.4 Å². The van der Waals surface area contributed by atoms with E-state index >= 15 is 0 Å². The number of hydrogen-bond donors (Lipinski definition) is 1. The van der Waals surface area contributed by atoms with E-state index in [1.54, 1.807) is 28.5 Å². The summed E-state index contributed by atoms with van der Waals surface area (Å²) in [6, 6.07) is 11.7. The molecule has 8 heteroatoms. The number of fused-ring (bicyclic) bond motifs is 1. The van der Waals surface area contributed by atoms with E-state index in [2.05, 4.69) is 20.3 Å². The van der Waals surface area contributed by atoms with Crippen LogP contribution in [0.2, 0.25) is 0 Å². The average Bonchev–Trinajstić information content (AvgIpc) is 3.18. The van der Waals surface area contributed by atoms with Gasteiger partial charge in [-0.15, -0.1) is 5.10 Å². The van der Waals surface area contributed by atoms with E-state index in [0.717, 1.165) is 16.7 Å². The highest BCUT2D eigenvalue weighted by Crippen LogP contribution is 2.29. The summed E-state index contributed by atoms with van der Waals surface area (Å²) < 4.78 is 17.3. The SMILES string of the molecule is [C-]#[N+]c1ccc(-c2cc(N)nn2-c2ccc3nnn(C)c3c2)cc1F. The van der Waals surface area contributed by atoms with E-state index in [4.69, 9.17) is 12.3 Å². The second-order valence-corrected chi connectivity index (χ2v) is 5.53. The van der Waals surface area contributed by atoms with Gasteiger partial charge in [0.25, 0.3) is 0 Å². The summed E-state index contributed by atoms with van der Waals surface area (Å²) in [6.45, 7) is 6.96. The molecule has 0 aliphatic heterocycles. The molecule has 0 spiro atoms. The van der Waals surface area contributed by atoms with Gasteiger partial charge in [-0.1, -0.05) is 17.3 Å². The molecule has 0 saturated heterocycles. The van der Waals surface area contributed by atoms with E-state index in [-0.39, 0.29) is 5.69 Å². The predicted molar refractivity (Wildman–Crippen MR) is 91.7 cm³/mol. The number of nitrogen functional groups attached to an aromatic ring is 1. The average molecular weight is 333 g/mol. The molecule has 0 radical (unpaired) electrons. The number of nitrogens with two attached hydrogens (primary N) is 1. The highest BCUT2D eigenvalue weighted by molar-refractivity contribution is 5.78. The molecule has 7 nitrogen and oxygen atoms in total. The first-order valence-electron chi connectivity index (χ1n) is 7.39. The Balaban J connectivity index is 1.90. The number of nitrogens with zero attached hydrogens (tertiary/aromatic N) is 6. The summed E-state index contributed by atoms with van der Waals surface area (Å²) in [6.07, 6.45) is 0. The van der Waals surface area contributed by atoms with Gasteiger partial charge in [0.05, 0.1) is 23.5 Å². The summed E-state index contributed by atoms with van der Waals surface area (Å²) in [4.78, 5) is 3.14. The molecule has 2 aromatic heterocycles. The molecule has 0 aliphatic rings. The largest absolute Gasteiger partial charge is 0.382 e. The number of aromatic nitrogens is 5. The van der Waals surface area contributed by atoms with Gasteiger partial charge in [-0.3, -0.25) is 0 Å². The third kappa shape index (κ3) is 2.38. The second kappa shape index (κ2) is 5.42. The van der Waals surface area contributed by atoms with E-state index < -0.39 is 5.82 Å². The standard InChI is InChI=1S/C17H12FN7/c1-20-13-5-3-10(7-12(13)18)15-9-17(19)22-25(15)11-4-6-14-16(8-11)24(2)23-21-14/h3-9H,2H3,(H2,19,22). The van der Waals surface area contributed by atoms with Crippen LogP contribution in [0.15, 0.2) is 42.5 Å². The maximum Gasteiger partial charge on any atom is 0.222 e. The van der Waals surface area contributed by atoms with Crippen LogP contribution in [0.4, 0.5) is 15.9 Å². The van der Waals surface area contributed by atoms with Crippen molar-refractivity contribution in [2.75, 3.05) is 5.73 Å². The molecule has 122 valence electrons. The Morgan fingerprint density at radius 3 is 2.76 bits per heavy atom. The van der Waals surface area contributed by atoms with Gasteiger partial charge >= 0.3 is 0 Å². The molecule has 2 N–H and O–H groups in total. The zero-order valence-corrected chi connectivity index (χ0v) is 13.2. The molecule has 0 unspecified atom stereocenters. The minimum absolute atomic E-state index is 0.0230. The highest BCUT2D eigenvalue weighted by atomic mass is 19.1. The van der Waals surface area contributed by atoms with Crippen molar-refractivity contribution in [3.8, 4) is 16.9 Å². The summed E-state index contributed by atoms with van der Waals surface area (Å²) in [5, 5.41) is 12.3. The molecule has 0 aliphatic carbocycles. The molecule has 0 atom stereocenters. The molecule has 0 saturated carbocycles. The first kappa shape index (κ1) is 14.8. The van der Waals surface area contributed by atoms with Gasteiger partial charge in [-0.2, -0.15) is 5.10 Å². The van der Waals surface area contributed by atoms with Crippen LogP contribution in [0.5, 0.6) is 0 Å². The minimum Gasteiger partial charge on any atom is -0.382 e. The highest BCUT2D eigenvalue weighted by Gasteiger charge is 2.14. The summed E-state index contributed by atoms with van der Waals surface area (Å²) in [5.74, 6) is -0.266. The van der Waals surface area contributed by atoms with Crippen molar-refractivity contribution in [2.24, 2.45) is 7.05 Å². The number of hydrogen-bond acceptors (Lipinski definition) is 4. The molecule has 2 aromatic carbocycles. The van der Waals surface area contributed by atoms with Crippen LogP contribution in [0.3, 0.4) is 0 Å². The second-order valence-electron chi connectivity index (χ2n) is 5.53. The molecular formula is C17H12FN7. The smallest absolute Gasteiger partial charge is 0.222 e. The summed E-state index contributed by atoms with van der Waals surface area (Å²) in [5.41, 5.74) is 9.41. The minimum atomic E-state index is -0.579. The van der Waals surface area contributed by atoms with Crippen LogP contribution < -0.4 is 5.73 Å². The third-order valence-electron chi connectivity index (χ3n) is 3.93. The van der Waals surface area contributed by atoms with Crippen LogP contribution >= 0.6 is 0 Å². The molecule has 4 aromatic rings. The number of benzene rings is 2. The molecule has 4 rings (SSSR count). The Labute approximate surface area is 141 Å². The Kier molecular flexibility index (Phi) is 3.22. The molecule has 25 heavy (non-hydrogen) atoms. The van der Waals surface area contributed by atoms with Crippen molar-refractivity contribution in [2.45, 2.75) is 0 Å². The summed E-state index contributed by atoms with van der Waals surface area (Å²) in [7, 11) is 1.80. The van der Waals surface area contributed by atoms with Crippen molar-refractivity contribution in [3.05, 3.63) is 59.7 Å². The Morgan fingerprint density at radius 1 is 1.16 bits per heavy atom. The van der Waals surface area contributed by atoms with Crippen LogP contribution in [0.1, 0.15) is 0 Å². The number of anilines is 1. The van der Waals surface area contributed by atoms with Crippen molar-refractivity contribution < 1.29 is 4.39 Å². The maximum absolute atomic E-state index is 14.0. The number of rotatable bonds is 2. The lowest BCUT2D eigenvalue weighted by molar-refractivity contribution is 0.634. The van der Waals surface area contributed by atoms with Crippen LogP contribution in [-0.4, -0.2) is 24.8 Å². The number of halogens is 1. The fourth-order valence-electron chi connectivity index (χ4n) is 2.71. The first-order valence-corrected chi connectivity index (χ1v) is 7.39. The van der Waals surface area contributed by atoms with Gasteiger partial charge in [-0.05, 0) is 24.3 Å². The van der Waals surface area contributed by atoms with Crippen LogP contribution in [-0.2, 0) is 7.05 Å². The summed E-state index contributed by atoms with van der Waals surface area (Å²) >= 11 is 0. The van der Waals surface area contributed by atoms with Crippen molar-refractivity contribution in [1.29, 1.82) is 0 Å². The van der Waals surface area contributed by atoms with Gasteiger partial charge < -0.3 is 5.73 Å². The van der Waals surface area contributed by atoms with Crippen molar-refractivity contribution >= 4 is 22.5 Å². The lowest BCUT2D eigenvalue weighted by Crippen LogP contribution is -2.00. The Hall–Kier alpha value is -3.73. The quantitative estimate of drug-likeness (QED) is 0.572. The van der Waals surface area contributed by atoms with Gasteiger partial charge in [0, 0.05) is 18.7 Å². The van der Waals surface area contributed by atoms with Crippen molar-refractivity contribution in [1.82, 2.24) is 24.8 Å². The topological polar surface area (TPSA) is 78.9 Å². The van der Waals surface area contributed by atoms with Gasteiger partial charge in [0.15, 0.2) is 0 Å². The molecule has 0 bridgehead atoms. The molecule has 2 heterocycles. The van der Waals surface area contributed by atoms with E-state index in [9.17, 15) is 4.39 Å². The lowest BCUT2D eigenvalue weighted by atomic mass is 10.1. The fraction of sp³-hybridized carbons (Fsp3) is 0.0588. The Morgan fingerprint density at radius 2 is 2.00 bits per heavy atom. The van der Waals surface area contributed by atoms with Gasteiger partial charge in [0.2, 0.25) is 5.69 Å². The van der Waals surface area contributed by atoms with Gasteiger partial charge in [-0.25, -0.2) is 18.6 Å². The fourth-order valence-corrected chi connectivity index (χ4v) is 2.71. The maximum atomic E-state index is 14.0. The predicted octanol–water partition coefficient (Wildman–Crippen LogP) is 3.09. The third-order valence-corrected chi connectivity index (χ3v) is 3.93. The first-order chi connectivity index (χ1) is 12.1. The zero-order chi connectivity index (χ0) is 17.6. The zero-order valence-electron chi connectivity index (χ0n) is 13.2. The molecular weight excluding hydrogens is 321 g/mol. The Bertz CT molecular complexity index is 1150. The van der Waals surface area contributed by atoms with E-state index in [1.807, 2.05) is 18.2 Å². The van der Waals surface area contributed by atoms with Crippen molar-refractivity contribution in [3.63, 3.8) is 0 Å². The number of aryl methyl sites for hydroxylation is 1. The lowest BCUT2D eigenvalue weighted by Gasteiger charge is -2.08. The van der Waals surface area contributed by atoms with E-state index in [1.165, 1.54) is 12.1 Å². The monoisotopic (exact) mass is 333 g/mol.